The third-order valence-electron chi connectivity index (χ3n) is 3.62. The van der Waals surface area contributed by atoms with Gasteiger partial charge < -0.3 is 4.74 Å². The van der Waals surface area contributed by atoms with Gasteiger partial charge in [0.05, 0.1) is 17.7 Å². The smallest absolute Gasteiger partial charge is 0.264 e. The molecule has 7 heteroatoms. The maximum absolute atomic E-state index is 12.6. The molecule has 1 heterocycles. The molecule has 1 N–H and O–H groups in total. The van der Waals surface area contributed by atoms with E-state index in [-0.39, 0.29) is 10.8 Å². The SMILES string of the molecule is COc1ccc(S(=O)(=O)Nc2nccc(-c3ccccc3)n2)c(C)c1. The summed E-state index contributed by atoms with van der Waals surface area (Å²) in [7, 11) is -2.27. The highest BCUT2D eigenvalue weighted by atomic mass is 32.2. The third-order valence-corrected chi connectivity index (χ3v) is 5.11. The molecule has 0 fully saturated rings. The highest BCUT2D eigenvalue weighted by Gasteiger charge is 2.19. The quantitative estimate of drug-likeness (QED) is 0.760. The number of anilines is 1. The normalized spacial score (nSPS) is 11.1. The molecule has 0 aliphatic heterocycles. The molecule has 0 saturated heterocycles. The molecule has 6 nitrogen and oxygen atoms in total. The lowest BCUT2D eigenvalue weighted by molar-refractivity contribution is 0.414. The van der Waals surface area contributed by atoms with Gasteiger partial charge in [-0.2, -0.15) is 0 Å². The van der Waals surface area contributed by atoms with Crippen LogP contribution in [0.3, 0.4) is 0 Å². The molecule has 25 heavy (non-hydrogen) atoms. The third kappa shape index (κ3) is 3.77. The molecule has 0 atom stereocenters. The Bertz CT molecular complexity index is 989. The van der Waals surface area contributed by atoms with Crippen LogP contribution in [0.4, 0.5) is 5.95 Å². The summed E-state index contributed by atoms with van der Waals surface area (Å²) in [6.07, 6.45) is 1.52. The second-order valence-electron chi connectivity index (χ2n) is 5.37. The predicted molar refractivity (Wildman–Crippen MR) is 96.0 cm³/mol. The molecule has 0 aliphatic rings. The highest BCUT2D eigenvalue weighted by molar-refractivity contribution is 7.92. The molecule has 0 saturated carbocycles. The van der Waals surface area contributed by atoms with Gasteiger partial charge in [-0.1, -0.05) is 30.3 Å². The number of ether oxygens (including phenoxy) is 1. The average molecular weight is 355 g/mol. The van der Waals surface area contributed by atoms with E-state index in [9.17, 15) is 8.42 Å². The molecule has 128 valence electrons. The van der Waals surface area contributed by atoms with Gasteiger partial charge in [0.15, 0.2) is 0 Å². The number of aryl methyl sites for hydroxylation is 1. The van der Waals surface area contributed by atoms with Crippen molar-refractivity contribution in [2.75, 3.05) is 11.8 Å². The molecule has 0 unspecified atom stereocenters. The van der Waals surface area contributed by atoms with Gasteiger partial charge in [0.1, 0.15) is 5.75 Å². The molecule has 1 aromatic heterocycles. The maximum atomic E-state index is 12.6. The number of hydrogen-bond donors (Lipinski definition) is 1. The van der Waals surface area contributed by atoms with Gasteiger partial charge in [-0.15, -0.1) is 0 Å². The van der Waals surface area contributed by atoms with Crippen LogP contribution in [-0.2, 0) is 10.0 Å². The minimum absolute atomic E-state index is 0.0246. The van der Waals surface area contributed by atoms with Crippen molar-refractivity contribution in [3.05, 3.63) is 66.4 Å². The molecule has 2 aromatic carbocycles. The van der Waals surface area contributed by atoms with Crippen molar-refractivity contribution in [2.24, 2.45) is 0 Å². The Morgan fingerprint density at radius 2 is 1.80 bits per heavy atom. The van der Waals surface area contributed by atoms with E-state index < -0.39 is 10.0 Å². The van der Waals surface area contributed by atoms with Crippen molar-refractivity contribution in [1.29, 1.82) is 0 Å². The minimum atomic E-state index is -3.80. The Morgan fingerprint density at radius 3 is 2.48 bits per heavy atom. The van der Waals surface area contributed by atoms with Crippen LogP contribution in [0.2, 0.25) is 0 Å². The molecule has 0 bridgehead atoms. The van der Waals surface area contributed by atoms with E-state index in [0.717, 1.165) is 5.56 Å². The van der Waals surface area contributed by atoms with E-state index in [1.165, 1.54) is 19.4 Å². The fourth-order valence-corrected chi connectivity index (χ4v) is 3.58. The topological polar surface area (TPSA) is 81.2 Å². The summed E-state index contributed by atoms with van der Waals surface area (Å²) in [6, 6.07) is 16.0. The number of benzene rings is 2. The van der Waals surface area contributed by atoms with Crippen molar-refractivity contribution >= 4 is 16.0 Å². The number of hydrogen-bond acceptors (Lipinski definition) is 5. The van der Waals surface area contributed by atoms with Gasteiger partial charge in [0.25, 0.3) is 10.0 Å². The second kappa shape index (κ2) is 6.90. The Kier molecular flexibility index (Phi) is 4.67. The van der Waals surface area contributed by atoms with Gasteiger partial charge in [-0.3, -0.25) is 0 Å². The largest absolute Gasteiger partial charge is 0.497 e. The summed E-state index contributed by atoms with van der Waals surface area (Å²) in [6.45, 7) is 1.71. The molecule has 0 radical (unpaired) electrons. The van der Waals surface area contributed by atoms with Crippen LogP contribution in [0, 0.1) is 6.92 Å². The Hall–Kier alpha value is -2.93. The van der Waals surface area contributed by atoms with Crippen molar-refractivity contribution in [3.63, 3.8) is 0 Å². The van der Waals surface area contributed by atoms with Crippen LogP contribution in [-0.4, -0.2) is 25.5 Å². The minimum Gasteiger partial charge on any atom is -0.497 e. The van der Waals surface area contributed by atoms with Crippen molar-refractivity contribution in [3.8, 4) is 17.0 Å². The van der Waals surface area contributed by atoms with Crippen molar-refractivity contribution in [1.82, 2.24) is 9.97 Å². The molecule has 0 amide bonds. The lowest BCUT2D eigenvalue weighted by Crippen LogP contribution is -2.16. The summed E-state index contributed by atoms with van der Waals surface area (Å²) in [5, 5.41) is 0. The molecule has 3 aromatic rings. The van der Waals surface area contributed by atoms with Gasteiger partial charge in [-0.05, 0) is 36.8 Å². The highest BCUT2D eigenvalue weighted by Crippen LogP contribution is 2.23. The van der Waals surface area contributed by atoms with E-state index in [0.29, 0.717) is 17.0 Å². The lowest BCUT2D eigenvalue weighted by Gasteiger charge is -2.11. The molecule has 3 rings (SSSR count). The zero-order valence-corrected chi connectivity index (χ0v) is 14.6. The first kappa shape index (κ1) is 16.9. The van der Waals surface area contributed by atoms with Crippen LogP contribution in [0.25, 0.3) is 11.3 Å². The van der Waals surface area contributed by atoms with Crippen molar-refractivity contribution < 1.29 is 13.2 Å². The summed E-state index contributed by atoms with van der Waals surface area (Å²) in [5.74, 6) is 0.621. The molecule has 0 aliphatic carbocycles. The Morgan fingerprint density at radius 1 is 1.04 bits per heavy atom. The molecular weight excluding hydrogens is 338 g/mol. The standard InChI is InChI=1S/C18H17N3O3S/c1-13-12-15(24-2)8-9-17(13)25(22,23)21-18-19-11-10-16(20-18)14-6-4-3-5-7-14/h3-12H,1-2H3,(H,19,20,21). The van der Waals surface area contributed by atoms with E-state index in [4.69, 9.17) is 4.74 Å². The first-order chi connectivity index (χ1) is 12.0. The number of nitrogens with zero attached hydrogens (tertiary/aromatic N) is 2. The number of sulfonamides is 1. The Labute approximate surface area is 146 Å². The molecular formula is C18H17N3O3S. The average Bonchev–Trinajstić information content (AvgIpc) is 2.62. The van der Waals surface area contributed by atoms with Crippen LogP contribution in [0.1, 0.15) is 5.56 Å². The van der Waals surface area contributed by atoms with Gasteiger partial charge in [0, 0.05) is 11.8 Å². The maximum Gasteiger partial charge on any atom is 0.264 e. The Balaban J connectivity index is 1.91. The zero-order chi connectivity index (χ0) is 17.9. The van der Waals surface area contributed by atoms with Gasteiger partial charge in [-0.25, -0.2) is 23.1 Å². The summed E-state index contributed by atoms with van der Waals surface area (Å²) in [5.41, 5.74) is 2.09. The number of rotatable bonds is 5. The molecule has 0 spiro atoms. The summed E-state index contributed by atoms with van der Waals surface area (Å²) < 4.78 is 32.8. The lowest BCUT2D eigenvalue weighted by atomic mass is 10.1. The first-order valence-corrected chi connectivity index (χ1v) is 9.04. The monoisotopic (exact) mass is 355 g/mol. The number of methoxy groups -OCH3 is 1. The predicted octanol–water partition coefficient (Wildman–Crippen LogP) is 3.26. The summed E-state index contributed by atoms with van der Waals surface area (Å²) >= 11 is 0. The fourth-order valence-electron chi connectivity index (χ4n) is 2.40. The van der Waals surface area contributed by atoms with Crippen LogP contribution in [0.5, 0.6) is 5.75 Å². The van der Waals surface area contributed by atoms with E-state index >= 15 is 0 Å². The van der Waals surface area contributed by atoms with Gasteiger partial charge in [0.2, 0.25) is 5.95 Å². The fraction of sp³-hybridized carbons (Fsp3) is 0.111. The van der Waals surface area contributed by atoms with Crippen LogP contribution >= 0.6 is 0 Å². The zero-order valence-electron chi connectivity index (χ0n) is 13.8. The first-order valence-electron chi connectivity index (χ1n) is 7.55. The van der Waals surface area contributed by atoms with E-state index in [1.807, 2.05) is 30.3 Å². The van der Waals surface area contributed by atoms with Gasteiger partial charge >= 0.3 is 0 Å². The van der Waals surface area contributed by atoms with Crippen molar-refractivity contribution in [2.45, 2.75) is 11.8 Å². The van der Waals surface area contributed by atoms with E-state index in [2.05, 4.69) is 14.7 Å². The summed E-state index contributed by atoms with van der Waals surface area (Å²) in [4.78, 5) is 8.46. The van der Waals surface area contributed by atoms with E-state index in [1.54, 1.807) is 25.1 Å². The van der Waals surface area contributed by atoms with Crippen LogP contribution < -0.4 is 9.46 Å². The number of nitrogens with one attached hydrogen (secondary N) is 1. The second-order valence-corrected chi connectivity index (χ2v) is 7.02. The van der Waals surface area contributed by atoms with Crippen LogP contribution in [0.15, 0.2) is 65.7 Å². The number of aromatic nitrogens is 2.